The molecule has 0 aromatic carbocycles. The van der Waals surface area contributed by atoms with E-state index in [9.17, 15) is 9.59 Å². The quantitative estimate of drug-likeness (QED) is 0.613. The molecule has 21 heavy (non-hydrogen) atoms. The maximum absolute atomic E-state index is 12.3. The number of hydrogen-bond acceptors (Lipinski definition) is 4. The molecule has 1 aromatic rings. The molecule has 1 heterocycles. The minimum absolute atomic E-state index is 0.174. The number of nitrogens with one attached hydrogen (secondary N) is 1. The van der Waals surface area contributed by atoms with Crippen molar-refractivity contribution < 1.29 is 19.1 Å². The molecule has 1 rings (SSSR count). The third kappa shape index (κ3) is 3.85. The van der Waals surface area contributed by atoms with Crippen LogP contribution in [-0.2, 0) is 16.5 Å². The van der Waals surface area contributed by atoms with Crippen LogP contribution in [0.4, 0.5) is 0 Å². The molecule has 0 unspecified atom stereocenters. The second-order valence-electron chi connectivity index (χ2n) is 4.82. The Balaban J connectivity index is 2.95. The highest BCUT2D eigenvalue weighted by molar-refractivity contribution is 6.01. The summed E-state index contributed by atoms with van der Waals surface area (Å²) < 4.78 is 11.7. The van der Waals surface area contributed by atoms with E-state index in [1.807, 2.05) is 6.92 Å². The summed E-state index contributed by atoms with van der Waals surface area (Å²) in [7, 11) is 3.38. The summed E-state index contributed by atoms with van der Waals surface area (Å²) in [6, 6.07) is 0. The van der Waals surface area contributed by atoms with Crippen LogP contribution < -0.4 is 5.32 Å². The summed E-state index contributed by atoms with van der Waals surface area (Å²) in [5, 5.41) is 2.84. The zero-order valence-corrected chi connectivity index (χ0v) is 13.4. The highest BCUT2D eigenvalue weighted by atomic mass is 16.5. The van der Waals surface area contributed by atoms with E-state index in [0.717, 1.165) is 12.1 Å². The normalized spacial score (nSPS) is 10.5. The van der Waals surface area contributed by atoms with Crippen LogP contribution in [0.3, 0.4) is 0 Å². The summed E-state index contributed by atoms with van der Waals surface area (Å²) >= 11 is 0. The van der Waals surface area contributed by atoms with Gasteiger partial charge in [-0.15, -0.1) is 0 Å². The van der Waals surface area contributed by atoms with Crippen LogP contribution in [-0.4, -0.2) is 43.3 Å². The van der Waals surface area contributed by atoms with Gasteiger partial charge < -0.3 is 19.4 Å². The van der Waals surface area contributed by atoms with E-state index in [0.29, 0.717) is 36.6 Å². The minimum Gasteiger partial charge on any atom is -0.461 e. The number of carbonyl (C=O) groups is 2. The SMILES string of the molecule is CCOC(=O)c1c(C)c(C(=O)NCCCOC)c(C)n1C. The van der Waals surface area contributed by atoms with E-state index in [-0.39, 0.29) is 5.91 Å². The van der Waals surface area contributed by atoms with Crippen LogP contribution in [0.25, 0.3) is 0 Å². The first-order valence-corrected chi connectivity index (χ1v) is 7.05. The first kappa shape index (κ1) is 17.2. The van der Waals surface area contributed by atoms with Gasteiger partial charge in [0, 0.05) is 33.0 Å². The number of aromatic nitrogens is 1. The van der Waals surface area contributed by atoms with Crippen molar-refractivity contribution in [2.45, 2.75) is 27.2 Å². The van der Waals surface area contributed by atoms with Gasteiger partial charge in [0.05, 0.1) is 12.2 Å². The monoisotopic (exact) mass is 296 g/mol. The number of esters is 1. The van der Waals surface area contributed by atoms with Crippen LogP contribution in [0, 0.1) is 13.8 Å². The Morgan fingerprint density at radius 2 is 1.95 bits per heavy atom. The van der Waals surface area contributed by atoms with Crippen LogP contribution in [0.1, 0.15) is 45.4 Å². The molecule has 0 spiro atoms. The van der Waals surface area contributed by atoms with Gasteiger partial charge in [0.1, 0.15) is 5.69 Å². The summed E-state index contributed by atoms with van der Waals surface area (Å²) in [4.78, 5) is 24.3. The van der Waals surface area contributed by atoms with Gasteiger partial charge in [-0.25, -0.2) is 4.79 Å². The van der Waals surface area contributed by atoms with Gasteiger partial charge in [0.25, 0.3) is 5.91 Å². The lowest BCUT2D eigenvalue weighted by Gasteiger charge is -2.06. The van der Waals surface area contributed by atoms with Crippen LogP contribution in [0.2, 0.25) is 0 Å². The average Bonchev–Trinajstić information content (AvgIpc) is 2.65. The number of methoxy groups -OCH3 is 1. The first-order valence-electron chi connectivity index (χ1n) is 7.05. The molecule has 0 aliphatic heterocycles. The lowest BCUT2D eigenvalue weighted by Crippen LogP contribution is -2.26. The minimum atomic E-state index is -0.404. The number of hydrogen-bond donors (Lipinski definition) is 1. The number of carbonyl (C=O) groups excluding carboxylic acids is 2. The molecular formula is C15H24N2O4. The van der Waals surface area contributed by atoms with Crippen molar-refractivity contribution in [1.29, 1.82) is 0 Å². The van der Waals surface area contributed by atoms with Crippen molar-refractivity contribution in [2.24, 2.45) is 7.05 Å². The zero-order chi connectivity index (χ0) is 16.0. The predicted molar refractivity (Wildman–Crippen MR) is 79.7 cm³/mol. The molecule has 0 saturated carbocycles. The van der Waals surface area contributed by atoms with Crippen LogP contribution in [0.15, 0.2) is 0 Å². The van der Waals surface area contributed by atoms with Gasteiger partial charge >= 0.3 is 5.97 Å². The van der Waals surface area contributed by atoms with Crippen molar-refractivity contribution in [3.05, 3.63) is 22.5 Å². The van der Waals surface area contributed by atoms with Gasteiger partial charge in [0.15, 0.2) is 0 Å². The Labute approximate surface area is 125 Å². The average molecular weight is 296 g/mol. The summed E-state index contributed by atoms with van der Waals surface area (Å²) in [6.07, 6.45) is 0.748. The van der Waals surface area contributed by atoms with E-state index in [2.05, 4.69) is 5.32 Å². The van der Waals surface area contributed by atoms with Crippen molar-refractivity contribution in [3.8, 4) is 0 Å². The molecule has 1 amide bonds. The van der Waals surface area contributed by atoms with Gasteiger partial charge in [-0.3, -0.25) is 4.79 Å². The number of nitrogens with zero attached hydrogens (tertiary/aromatic N) is 1. The Hall–Kier alpha value is -1.82. The molecule has 0 atom stereocenters. The second-order valence-corrected chi connectivity index (χ2v) is 4.82. The molecule has 0 aliphatic carbocycles. The molecule has 1 N–H and O–H groups in total. The fourth-order valence-electron chi connectivity index (χ4n) is 2.31. The molecule has 6 nitrogen and oxygen atoms in total. The maximum atomic E-state index is 12.3. The fraction of sp³-hybridized carbons (Fsp3) is 0.600. The lowest BCUT2D eigenvalue weighted by molar-refractivity contribution is 0.0514. The van der Waals surface area contributed by atoms with E-state index in [1.165, 1.54) is 0 Å². The molecule has 0 aliphatic rings. The summed E-state index contributed by atoms with van der Waals surface area (Å²) in [5.41, 5.74) is 2.37. The van der Waals surface area contributed by atoms with Gasteiger partial charge in [0.2, 0.25) is 0 Å². The van der Waals surface area contributed by atoms with Crippen LogP contribution in [0.5, 0.6) is 0 Å². The Morgan fingerprint density at radius 3 is 2.52 bits per heavy atom. The first-order chi connectivity index (χ1) is 9.95. The predicted octanol–water partition coefficient (Wildman–Crippen LogP) is 1.58. The van der Waals surface area contributed by atoms with Crippen molar-refractivity contribution in [2.75, 3.05) is 26.9 Å². The molecular weight excluding hydrogens is 272 g/mol. The third-order valence-electron chi connectivity index (χ3n) is 3.44. The standard InChI is InChI=1S/C15H24N2O4/c1-6-21-15(19)13-10(2)12(11(3)17(13)4)14(18)16-8-7-9-20-5/h6-9H2,1-5H3,(H,16,18). The second kappa shape index (κ2) is 7.83. The lowest BCUT2D eigenvalue weighted by atomic mass is 10.1. The van der Waals surface area contributed by atoms with Gasteiger partial charge in [-0.2, -0.15) is 0 Å². The van der Waals surface area contributed by atoms with Crippen molar-refractivity contribution in [3.63, 3.8) is 0 Å². The Kier molecular flexibility index (Phi) is 6.42. The third-order valence-corrected chi connectivity index (χ3v) is 3.44. The van der Waals surface area contributed by atoms with Crippen LogP contribution >= 0.6 is 0 Å². The molecule has 0 radical (unpaired) electrons. The fourth-order valence-corrected chi connectivity index (χ4v) is 2.31. The number of rotatable bonds is 7. The molecule has 0 bridgehead atoms. The Morgan fingerprint density at radius 1 is 1.29 bits per heavy atom. The molecule has 6 heteroatoms. The summed E-state index contributed by atoms with van der Waals surface area (Å²) in [6.45, 7) is 6.78. The smallest absolute Gasteiger partial charge is 0.355 e. The molecule has 0 saturated heterocycles. The van der Waals surface area contributed by atoms with E-state index in [1.54, 1.807) is 32.6 Å². The van der Waals surface area contributed by atoms with Crippen molar-refractivity contribution >= 4 is 11.9 Å². The topological polar surface area (TPSA) is 69.6 Å². The van der Waals surface area contributed by atoms with Crippen molar-refractivity contribution in [1.82, 2.24) is 9.88 Å². The highest BCUT2D eigenvalue weighted by Gasteiger charge is 2.25. The highest BCUT2D eigenvalue weighted by Crippen LogP contribution is 2.21. The van der Waals surface area contributed by atoms with E-state index < -0.39 is 5.97 Å². The van der Waals surface area contributed by atoms with E-state index in [4.69, 9.17) is 9.47 Å². The molecule has 118 valence electrons. The molecule has 1 aromatic heterocycles. The number of amides is 1. The molecule has 0 fully saturated rings. The van der Waals surface area contributed by atoms with E-state index >= 15 is 0 Å². The Bertz CT molecular complexity index is 520. The maximum Gasteiger partial charge on any atom is 0.355 e. The summed E-state index contributed by atoms with van der Waals surface area (Å²) in [5.74, 6) is -0.578. The largest absolute Gasteiger partial charge is 0.461 e. The number of ether oxygens (including phenoxy) is 2. The van der Waals surface area contributed by atoms with Gasteiger partial charge in [-0.05, 0) is 32.8 Å². The zero-order valence-electron chi connectivity index (χ0n) is 13.4. The van der Waals surface area contributed by atoms with Gasteiger partial charge in [-0.1, -0.05) is 0 Å².